The largest absolute Gasteiger partial charge is 0.368 e. The number of carbonyl (C=O) groups excluding carboxylic acids is 1. The van der Waals surface area contributed by atoms with Gasteiger partial charge in [0.1, 0.15) is 6.33 Å². The molecule has 0 fully saturated rings. The summed E-state index contributed by atoms with van der Waals surface area (Å²) in [7, 11) is 1.81. The van der Waals surface area contributed by atoms with Crippen LogP contribution in [0.3, 0.4) is 0 Å². The minimum absolute atomic E-state index is 0.469. The maximum atomic E-state index is 10.6. The van der Waals surface area contributed by atoms with Crippen molar-refractivity contribution in [3.8, 4) is 0 Å². The maximum Gasteiger partial charge on any atom is 0.234 e. The van der Waals surface area contributed by atoms with Crippen molar-refractivity contribution in [1.29, 1.82) is 0 Å². The van der Waals surface area contributed by atoms with E-state index >= 15 is 0 Å². The van der Waals surface area contributed by atoms with Crippen molar-refractivity contribution in [2.75, 3.05) is 5.75 Å². The van der Waals surface area contributed by atoms with Gasteiger partial charge in [0, 0.05) is 12.8 Å². The van der Waals surface area contributed by atoms with Gasteiger partial charge in [-0.2, -0.15) is 5.10 Å². The molecule has 0 aromatic carbocycles. The molecule has 0 bridgehead atoms. The molecule has 4 N–H and O–H groups in total. The van der Waals surface area contributed by atoms with Gasteiger partial charge in [-0.05, 0) is 6.42 Å². The van der Waals surface area contributed by atoms with E-state index in [1.54, 1.807) is 4.68 Å². The fourth-order valence-corrected chi connectivity index (χ4v) is 1.75. The predicted molar refractivity (Wildman–Crippen MR) is 53.5 cm³/mol. The third-order valence-electron chi connectivity index (χ3n) is 1.70. The molecule has 0 aliphatic heterocycles. The quantitative estimate of drug-likeness (QED) is 0.621. The monoisotopic (exact) mass is 215 g/mol. The highest BCUT2D eigenvalue weighted by atomic mass is 32.2. The molecule has 0 saturated carbocycles. The molecule has 0 aliphatic rings. The minimum atomic E-state index is -0.573. The van der Waals surface area contributed by atoms with E-state index < -0.39 is 11.9 Å². The SMILES string of the molecule is Cn1ncnc1SCCC(N)C(N)=O. The van der Waals surface area contributed by atoms with E-state index in [-0.39, 0.29) is 0 Å². The lowest BCUT2D eigenvalue weighted by Gasteiger charge is -2.05. The average Bonchev–Trinajstić information content (AvgIpc) is 2.51. The molecule has 14 heavy (non-hydrogen) atoms. The molecular weight excluding hydrogens is 202 g/mol. The third-order valence-corrected chi connectivity index (χ3v) is 2.76. The number of thioether (sulfide) groups is 1. The lowest BCUT2D eigenvalue weighted by Crippen LogP contribution is -2.36. The number of rotatable bonds is 5. The van der Waals surface area contributed by atoms with Gasteiger partial charge < -0.3 is 11.5 Å². The lowest BCUT2D eigenvalue weighted by molar-refractivity contribution is -0.119. The van der Waals surface area contributed by atoms with Crippen LogP contribution in [0.1, 0.15) is 6.42 Å². The molecule has 1 atom stereocenters. The molecule has 0 aliphatic carbocycles. The summed E-state index contributed by atoms with van der Waals surface area (Å²) >= 11 is 1.50. The number of carbonyl (C=O) groups is 1. The summed E-state index contributed by atoms with van der Waals surface area (Å²) in [5.74, 6) is 0.236. The topological polar surface area (TPSA) is 99.8 Å². The first kappa shape index (κ1) is 11.0. The van der Waals surface area contributed by atoms with Crippen LogP contribution in [0.25, 0.3) is 0 Å². The Kier molecular flexibility index (Phi) is 3.90. The Morgan fingerprint density at radius 3 is 3.00 bits per heavy atom. The van der Waals surface area contributed by atoms with Crippen LogP contribution in [-0.2, 0) is 11.8 Å². The van der Waals surface area contributed by atoms with Crippen LogP contribution in [0.5, 0.6) is 0 Å². The number of aryl methyl sites for hydroxylation is 1. The molecule has 1 amide bonds. The zero-order chi connectivity index (χ0) is 10.6. The Morgan fingerprint density at radius 2 is 2.50 bits per heavy atom. The molecule has 0 spiro atoms. The summed E-state index contributed by atoms with van der Waals surface area (Å²) < 4.78 is 1.67. The first-order valence-corrected chi connectivity index (χ1v) is 5.11. The Hall–Kier alpha value is -1.08. The third kappa shape index (κ3) is 3.00. The van der Waals surface area contributed by atoms with Crippen LogP contribution >= 0.6 is 11.8 Å². The molecule has 1 heterocycles. The van der Waals surface area contributed by atoms with Gasteiger partial charge in [0.2, 0.25) is 5.91 Å². The number of hydrogen-bond donors (Lipinski definition) is 2. The summed E-state index contributed by atoms with van der Waals surface area (Å²) in [5, 5.41) is 4.72. The number of hydrogen-bond acceptors (Lipinski definition) is 5. The molecular formula is C7H13N5OS. The molecule has 0 saturated heterocycles. The summed E-state index contributed by atoms with van der Waals surface area (Å²) in [6, 6.07) is -0.573. The molecule has 1 aromatic heterocycles. The highest BCUT2D eigenvalue weighted by Crippen LogP contribution is 2.14. The first-order valence-electron chi connectivity index (χ1n) is 4.13. The van der Waals surface area contributed by atoms with Crippen molar-refractivity contribution < 1.29 is 4.79 Å². The van der Waals surface area contributed by atoms with Crippen molar-refractivity contribution in [1.82, 2.24) is 14.8 Å². The molecule has 7 heteroatoms. The number of aromatic nitrogens is 3. The van der Waals surface area contributed by atoms with Gasteiger partial charge in [-0.1, -0.05) is 11.8 Å². The minimum Gasteiger partial charge on any atom is -0.368 e. The van der Waals surface area contributed by atoms with Gasteiger partial charge in [0.25, 0.3) is 0 Å². The van der Waals surface area contributed by atoms with Crippen molar-refractivity contribution in [3.05, 3.63) is 6.33 Å². The summed E-state index contributed by atoms with van der Waals surface area (Å²) in [4.78, 5) is 14.6. The first-order chi connectivity index (χ1) is 6.61. The normalized spacial score (nSPS) is 12.7. The van der Waals surface area contributed by atoms with Crippen molar-refractivity contribution >= 4 is 17.7 Å². The molecule has 0 radical (unpaired) electrons. The van der Waals surface area contributed by atoms with Crippen molar-refractivity contribution in [2.45, 2.75) is 17.6 Å². The van der Waals surface area contributed by atoms with Crippen LogP contribution in [0.2, 0.25) is 0 Å². The van der Waals surface area contributed by atoms with Crippen LogP contribution in [-0.4, -0.2) is 32.5 Å². The van der Waals surface area contributed by atoms with Crippen LogP contribution in [0.4, 0.5) is 0 Å². The molecule has 1 rings (SSSR count). The molecule has 6 nitrogen and oxygen atoms in total. The van der Waals surface area contributed by atoms with E-state index in [9.17, 15) is 4.79 Å². The van der Waals surface area contributed by atoms with Crippen LogP contribution in [0, 0.1) is 0 Å². The second-order valence-electron chi connectivity index (χ2n) is 2.81. The molecule has 78 valence electrons. The smallest absolute Gasteiger partial charge is 0.234 e. The highest BCUT2D eigenvalue weighted by molar-refractivity contribution is 7.99. The van der Waals surface area contributed by atoms with Gasteiger partial charge in [0.15, 0.2) is 5.16 Å². The number of nitrogens with zero attached hydrogens (tertiary/aromatic N) is 3. The number of nitrogens with two attached hydrogens (primary N) is 2. The lowest BCUT2D eigenvalue weighted by atomic mass is 10.2. The summed E-state index contributed by atoms with van der Waals surface area (Å²) in [6.45, 7) is 0. The zero-order valence-corrected chi connectivity index (χ0v) is 8.70. The van der Waals surface area contributed by atoms with E-state index in [0.29, 0.717) is 12.2 Å². The van der Waals surface area contributed by atoms with E-state index in [2.05, 4.69) is 10.1 Å². The maximum absolute atomic E-state index is 10.6. The fourth-order valence-electron chi connectivity index (χ4n) is 0.836. The Labute approximate surface area is 86.0 Å². The Bertz CT molecular complexity index is 313. The fraction of sp³-hybridized carbons (Fsp3) is 0.571. The summed E-state index contributed by atoms with van der Waals surface area (Å²) in [5.41, 5.74) is 10.5. The van der Waals surface area contributed by atoms with Crippen LogP contribution < -0.4 is 11.5 Å². The van der Waals surface area contributed by atoms with Gasteiger partial charge in [0.05, 0.1) is 6.04 Å². The molecule has 1 aromatic rings. The van der Waals surface area contributed by atoms with Crippen molar-refractivity contribution in [3.63, 3.8) is 0 Å². The van der Waals surface area contributed by atoms with E-state index in [1.807, 2.05) is 7.05 Å². The van der Waals surface area contributed by atoms with Crippen molar-refractivity contribution in [2.24, 2.45) is 18.5 Å². The predicted octanol–water partition coefficient (Wildman–Crippen LogP) is -0.890. The van der Waals surface area contributed by atoms with Gasteiger partial charge >= 0.3 is 0 Å². The van der Waals surface area contributed by atoms with E-state index in [4.69, 9.17) is 11.5 Å². The highest BCUT2D eigenvalue weighted by Gasteiger charge is 2.09. The Morgan fingerprint density at radius 1 is 1.79 bits per heavy atom. The van der Waals surface area contributed by atoms with E-state index in [1.165, 1.54) is 18.1 Å². The summed E-state index contributed by atoms with van der Waals surface area (Å²) in [6.07, 6.45) is 2.03. The van der Waals surface area contributed by atoms with Gasteiger partial charge in [-0.3, -0.25) is 4.79 Å². The number of amides is 1. The van der Waals surface area contributed by atoms with Gasteiger partial charge in [-0.25, -0.2) is 9.67 Å². The second-order valence-corrected chi connectivity index (χ2v) is 3.87. The van der Waals surface area contributed by atoms with E-state index in [0.717, 1.165) is 5.16 Å². The molecule has 1 unspecified atom stereocenters. The number of primary amides is 1. The van der Waals surface area contributed by atoms with Gasteiger partial charge in [-0.15, -0.1) is 0 Å². The zero-order valence-electron chi connectivity index (χ0n) is 7.88. The average molecular weight is 215 g/mol. The van der Waals surface area contributed by atoms with Crippen LogP contribution in [0.15, 0.2) is 11.5 Å². The Balaban J connectivity index is 2.29. The second kappa shape index (κ2) is 4.97. The standard InChI is InChI=1S/C7H13N5OS/c1-12-7(10-4-11-12)14-3-2-5(8)6(9)13/h4-5H,2-3,8H2,1H3,(H2,9,13).